The van der Waals surface area contributed by atoms with Crippen LogP contribution in [0.25, 0.3) is 0 Å². The summed E-state index contributed by atoms with van der Waals surface area (Å²) in [5.41, 5.74) is 2.14. The van der Waals surface area contributed by atoms with Crippen molar-refractivity contribution in [1.82, 2.24) is 9.97 Å². The zero-order valence-corrected chi connectivity index (χ0v) is 10.9. The molecule has 1 aliphatic heterocycles. The number of halogens is 3. The van der Waals surface area contributed by atoms with E-state index in [-0.39, 0.29) is 17.7 Å². The quantitative estimate of drug-likeness (QED) is 0.647. The van der Waals surface area contributed by atoms with Gasteiger partial charge in [0, 0.05) is 26.3 Å². The molecule has 0 amide bonds. The smallest absolute Gasteiger partial charge is 0.381 e. The highest BCUT2D eigenvalue weighted by Gasteiger charge is 2.36. The standard InChI is InChI=1S/C11H16F3N5O/c1-20-7-2-4-19(5-3-7)9-6-8(18-15)16-10(17-9)11(12,13)14/h6-7H,2-5,15H2,1H3,(H,16,17,18). The van der Waals surface area contributed by atoms with Crippen LogP contribution >= 0.6 is 0 Å². The average Bonchev–Trinajstić information content (AvgIpc) is 2.46. The molecule has 0 bridgehead atoms. The molecule has 0 spiro atoms. The minimum absolute atomic E-state index is 0.0591. The summed E-state index contributed by atoms with van der Waals surface area (Å²) >= 11 is 0. The molecule has 1 aliphatic rings. The summed E-state index contributed by atoms with van der Waals surface area (Å²) in [6.07, 6.45) is -2.98. The van der Waals surface area contributed by atoms with E-state index in [1.54, 1.807) is 12.0 Å². The van der Waals surface area contributed by atoms with E-state index in [0.717, 1.165) is 12.8 Å². The number of hydrazine groups is 1. The third-order valence-corrected chi connectivity index (χ3v) is 3.21. The number of nitrogens with zero attached hydrogens (tertiary/aromatic N) is 3. The molecule has 1 aromatic rings. The van der Waals surface area contributed by atoms with E-state index in [0.29, 0.717) is 13.1 Å². The van der Waals surface area contributed by atoms with Gasteiger partial charge in [-0.05, 0) is 12.8 Å². The second-order valence-electron chi connectivity index (χ2n) is 4.50. The Kier molecular flexibility index (Phi) is 4.29. The third-order valence-electron chi connectivity index (χ3n) is 3.21. The number of nitrogens with one attached hydrogen (secondary N) is 1. The molecule has 1 fully saturated rings. The first kappa shape index (κ1) is 14.8. The van der Waals surface area contributed by atoms with Gasteiger partial charge in [-0.25, -0.2) is 15.8 Å². The second kappa shape index (κ2) is 5.80. The van der Waals surface area contributed by atoms with Crippen LogP contribution in [0.1, 0.15) is 18.7 Å². The number of anilines is 2. The Morgan fingerprint density at radius 3 is 2.50 bits per heavy atom. The fourth-order valence-electron chi connectivity index (χ4n) is 2.12. The Bertz CT molecular complexity index is 460. The SMILES string of the molecule is COC1CCN(c2cc(NN)nc(C(F)(F)F)n2)CC1. The van der Waals surface area contributed by atoms with Crippen LogP contribution in [0.2, 0.25) is 0 Å². The number of aromatic nitrogens is 2. The number of ether oxygens (including phenoxy) is 1. The lowest BCUT2D eigenvalue weighted by Gasteiger charge is -2.32. The van der Waals surface area contributed by atoms with E-state index < -0.39 is 12.0 Å². The van der Waals surface area contributed by atoms with Crippen LogP contribution in [0.4, 0.5) is 24.8 Å². The van der Waals surface area contributed by atoms with Crippen LogP contribution < -0.4 is 16.2 Å². The van der Waals surface area contributed by atoms with Gasteiger partial charge in [0.05, 0.1) is 6.10 Å². The van der Waals surface area contributed by atoms with Gasteiger partial charge in [0.15, 0.2) is 0 Å². The van der Waals surface area contributed by atoms with Crippen LogP contribution in [-0.2, 0) is 10.9 Å². The van der Waals surface area contributed by atoms with Gasteiger partial charge in [0.2, 0.25) is 5.82 Å². The molecule has 0 aromatic carbocycles. The summed E-state index contributed by atoms with van der Waals surface area (Å²) in [5.74, 6) is 4.12. The molecule has 112 valence electrons. The van der Waals surface area contributed by atoms with Crippen LogP contribution in [0.5, 0.6) is 0 Å². The fourth-order valence-corrected chi connectivity index (χ4v) is 2.12. The molecule has 6 nitrogen and oxygen atoms in total. The summed E-state index contributed by atoms with van der Waals surface area (Å²) in [6.45, 7) is 1.16. The first-order chi connectivity index (χ1) is 9.44. The lowest BCUT2D eigenvalue weighted by atomic mass is 10.1. The Morgan fingerprint density at radius 2 is 2.00 bits per heavy atom. The van der Waals surface area contributed by atoms with Crippen molar-refractivity contribution in [3.8, 4) is 0 Å². The van der Waals surface area contributed by atoms with Gasteiger partial charge in [-0.15, -0.1) is 0 Å². The molecule has 2 rings (SSSR count). The molecule has 1 aromatic heterocycles. The van der Waals surface area contributed by atoms with Crippen molar-refractivity contribution in [2.75, 3.05) is 30.5 Å². The van der Waals surface area contributed by atoms with Crippen molar-refractivity contribution in [2.24, 2.45) is 5.84 Å². The number of methoxy groups -OCH3 is 1. The van der Waals surface area contributed by atoms with Crippen LogP contribution in [0.3, 0.4) is 0 Å². The van der Waals surface area contributed by atoms with Crippen molar-refractivity contribution < 1.29 is 17.9 Å². The van der Waals surface area contributed by atoms with Gasteiger partial charge in [0.25, 0.3) is 0 Å². The topological polar surface area (TPSA) is 76.3 Å². The van der Waals surface area contributed by atoms with E-state index in [4.69, 9.17) is 10.6 Å². The first-order valence-corrected chi connectivity index (χ1v) is 6.14. The maximum Gasteiger partial charge on any atom is 0.451 e. The summed E-state index contributed by atoms with van der Waals surface area (Å²) < 4.78 is 43.4. The molecule has 3 N–H and O–H groups in total. The van der Waals surface area contributed by atoms with Gasteiger partial charge < -0.3 is 15.1 Å². The maximum absolute atomic E-state index is 12.7. The molecule has 0 unspecified atom stereocenters. The lowest BCUT2D eigenvalue weighted by molar-refractivity contribution is -0.144. The van der Waals surface area contributed by atoms with Crippen molar-refractivity contribution in [3.05, 3.63) is 11.9 Å². The number of hydrogen-bond acceptors (Lipinski definition) is 6. The van der Waals surface area contributed by atoms with Gasteiger partial charge in [-0.1, -0.05) is 0 Å². The molecule has 0 radical (unpaired) electrons. The van der Waals surface area contributed by atoms with Gasteiger partial charge >= 0.3 is 6.18 Å². The monoisotopic (exact) mass is 291 g/mol. The molecule has 0 aliphatic carbocycles. The van der Waals surface area contributed by atoms with Crippen molar-refractivity contribution in [1.29, 1.82) is 0 Å². The minimum Gasteiger partial charge on any atom is -0.381 e. The number of alkyl halides is 3. The Morgan fingerprint density at radius 1 is 1.35 bits per heavy atom. The predicted octanol–water partition coefficient (Wildman–Crippen LogP) is 1.40. The molecule has 0 atom stereocenters. The summed E-state index contributed by atoms with van der Waals surface area (Å²) in [5, 5.41) is 0. The normalized spacial score (nSPS) is 17.4. The Labute approximate surface area is 114 Å². The molecule has 1 saturated heterocycles. The molecule has 0 saturated carbocycles. The van der Waals surface area contributed by atoms with Gasteiger partial charge in [-0.3, -0.25) is 0 Å². The highest BCUT2D eigenvalue weighted by molar-refractivity contribution is 5.49. The zero-order valence-electron chi connectivity index (χ0n) is 10.9. The first-order valence-electron chi connectivity index (χ1n) is 6.14. The highest BCUT2D eigenvalue weighted by Crippen LogP contribution is 2.30. The Hall–Kier alpha value is -1.61. The molecule has 20 heavy (non-hydrogen) atoms. The number of piperidine rings is 1. The largest absolute Gasteiger partial charge is 0.451 e. The van der Waals surface area contributed by atoms with Crippen molar-refractivity contribution in [3.63, 3.8) is 0 Å². The number of nitrogen functional groups attached to an aromatic ring is 1. The molecule has 2 heterocycles. The molecule has 9 heteroatoms. The molecular formula is C11H16F3N5O. The van der Waals surface area contributed by atoms with Crippen LogP contribution in [-0.4, -0.2) is 36.3 Å². The van der Waals surface area contributed by atoms with Crippen LogP contribution in [0, 0.1) is 0 Å². The molecular weight excluding hydrogens is 275 g/mol. The number of rotatable bonds is 3. The predicted molar refractivity (Wildman–Crippen MR) is 67.1 cm³/mol. The van der Waals surface area contributed by atoms with Crippen LogP contribution in [0.15, 0.2) is 6.07 Å². The Balaban J connectivity index is 2.23. The van der Waals surface area contributed by atoms with E-state index in [2.05, 4.69) is 15.4 Å². The highest BCUT2D eigenvalue weighted by atomic mass is 19.4. The van der Waals surface area contributed by atoms with Gasteiger partial charge in [0.1, 0.15) is 11.6 Å². The summed E-state index contributed by atoms with van der Waals surface area (Å²) in [7, 11) is 1.63. The average molecular weight is 291 g/mol. The summed E-state index contributed by atoms with van der Waals surface area (Å²) in [6, 6.07) is 1.41. The van der Waals surface area contributed by atoms with Crippen molar-refractivity contribution in [2.45, 2.75) is 25.1 Å². The van der Waals surface area contributed by atoms with E-state index >= 15 is 0 Å². The fraction of sp³-hybridized carbons (Fsp3) is 0.636. The zero-order chi connectivity index (χ0) is 14.8. The summed E-state index contributed by atoms with van der Waals surface area (Å²) in [4.78, 5) is 8.68. The number of nitrogens with two attached hydrogens (primary N) is 1. The van der Waals surface area contributed by atoms with E-state index in [1.807, 2.05) is 0 Å². The van der Waals surface area contributed by atoms with Gasteiger partial charge in [-0.2, -0.15) is 13.2 Å². The third kappa shape index (κ3) is 3.28. The van der Waals surface area contributed by atoms with E-state index in [9.17, 15) is 13.2 Å². The number of hydrogen-bond donors (Lipinski definition) is 2. The lowest BCUT2D eigenvalue weighted by Crippen LogP contribution is -2.37. The minimum atomic E-state index is -4.60. The van der Waals surface area contributed by atoms with Crippen molar-refractivity contribution >= 4 is 11.6 Å². The second-order valence-corrected chi connectivity index (χ2v) is 4.50. The maximum atomic E-state index is 12.7. The van der Waals surface area contributed by atoms with E-state index in [1.165, 1.54) is 6.07 Å².